The minimum Gasteiger partial charge on any atom is -0.497 e. The lowest BCUT2D eigenvalue weighted by Crippen LogP contribution is -2.42. The van der Waals surface area contributed by atoms with E-state index in [2.05, 4.69) is 4.74 Å². The zero-order valence-electron chi connectivity index (χ0n) is 51.8. The van der Waals surface area contributed by atoms with Gasteiger partial charge in [0.2, 0.25) is 18.6 Å². The number of rotatable bonds is 13. The monoisotopic (exact) mass is 1300 g/mol. The third-order valence-corrected chi connectivity index (χ3v) is 14.3. The molecule has 12 rings (SSSR count). The number of nitrogens with zero attached hydrogens (tertiary/aromatic N) is 6. The molecule has 0 fully saturated rings. The van der Waals surface area contributed by atoms with Crippen LogP contribution in [0, 0.1) is 0 Å². The van der Waals surface area contributed by atoms with Gasteiger partial charge in [0.1, 0.15) is 50.9 Å². The second-order valence-electron chi connectivity index (χ2n) is 20.8. The predicted octanol–water partition coefficient (Wildman–Crippen LogP) is 15.6. The van der Waals surface area contributed by atoms with E-state index in [1.807, 2.05) is 127 Å². The van der Waals surface area contributed by atoms with Crippen molar-refractivity contribution < 1.29 is 87.2 Å². The summed E-state index contributed by atoms with van der Waals surface area (Å²) in [6, 6.07) is 63.5. The standard InChI is InChI=1S/3C22H18F3N2O.C4H8O2.C2H4O2/c3*1-28-18-12-10-17(11-13-18)27-21-9-5-8-20(22(23,24)25)19(21)15-26(27)14-16-6-3-2-4-7-16;1-3-6-4(2)5;1-2(3)4/h3*2-13,15H,14H2,1H3;3H2,1-2H3;1H3,(H,3,4)/q3*+1;;. The van der Waals surface area contributed by atoms with Crippen LogP contribution in [0.5, 0.6) is 17.2 Å². The van der Waals surface area contributed by atoms with Crippen molar-refractivity contribution in [2.24, 2.45) is 0 Å². The summed E-state index contributed by atoms with van der Waals surface area (Å²) in [6.45, 7) is 6.07. The molecule has 0 atom stereocenters. The molecule has 0 aliphatic rings. The Bertz CT molecular complexity index is 4010. The van der Waals surface area contributed by atoms with Gasteiger partial charge in [-0.2, -0.15) is 39.5 Å². The van der Waals surface area contributed by atoms with Gasteiger partial charge in [-0.15, -0.1) is 28.1 Å². The summed E-state index contributed by atoms with van der Waals surface area (Å²) in [4.78, 5) is 18.8. The lowest BCUT2D eigenvalue weighted by molar-refractivity contribution is -0.757. The maximum absolute atomic E-state index is 13.6. The SMILES string of the molecule is CC(=O)O.CCOC(C)=O.COc1ccc(-n2c3cccc(C(F)(F)F)c3c[n+]2Cc2ccccc2)cc1.COc1ccc(-n2c3cccc(C(F)(F)F)c3c[n+]2Cc2ccccc2)cc1.COc1ccc(-n2c3cccc(C(F)(F)F)c3c[n+]2Cc2ccccc2)cc1. The molecule has 0 spiro atoms. The quantitative estimate of drug-likeness (QED) is 0.0694. The minimum atomic E-state index is -4.42. The van der Waals surface area contributed by atoms with Crippen molar-refractivity contribution in [3.8, 4) is 34.3 Å². The van der Waals surface area contributed by atoms with E-state index < -0.39 is 41.2 Å². The highest BCUT2D eigenvalue weighted by Crippen LogP contribution is 2.38. The van der Waals surface area contributed by atoms with Gasteiger partial charge in [0.05, 0.1) is 60.8 Å². The number of carbonyl (C=O) groups excluding carboxylic acids is 1. The second-order valence-corrected chi connectivity index (χ2v) is 20.8. The van der Waals surface area contributed by atoms with E-state index in [4.69, 9.17) is 24.1 Å². The number of carboxylic acid groups (broad SMARTS) is 1. The van der Waals surface area contributed by atoms with Crippen LogP contribution in [0.15, 0.2) is 237 Å². The average molecular weight is 1300 g/mol. The molecule has 94 heavy (non-hydrogen) atoms. The molecule has 9 aromatic carbocycles. The van der Waals surface area contributed by atoms with Crippen molar-refractivity contribution in [3.63, 3.8) is 0 Å². The molecule has 0 aliphatic heterocycles. The van der Waals surface area contributed by atoms with E-state index in [9.17, 15) is 44.3 Å². The number of carbonyl (C=O) groups is 2. The van der Waals surface area contributed by atoms with Crippen molar-refractivity contribution in [1.29, 1.82) is 0 Å². The topological polar surface area (TPSA) is 118 Å². The van der Waals surface area contributed by atoms with Gasteiger partial charge in [-0.25, -0.2) is 0 Å². The summed E-state index contributed by atoms with van der Waals surface area (Å²) < 4.78 is 153. The first kappa shape index (κ1) is 69.0. The Morgan fingerprint density at radius 1 is 0.383 bits per heavy atom. The number of methoxy groups -OCH3 is 3. The minimum absolute atomic E-state index is 0.168. The summed E-state index contributed by atoms with van der Waals surface area (Å²) >= 11 is 0. The molecule has 13 nitrogen and oxygen atoms in total. The summed E-state index contributed by atoms with van der Waals surface area (Å²) in [5.74, 6) is 1.01. The van der Waals surface area contributed by atoms with Crippen molar-refractivity contribution in [2.75, 3.05) is 27.9 Å². The first-order valence-electron chi connectivity index (χ1n) is 29.1. The zero-order chi connectivity index (χ0) is 67.7. The Labute approximate surface area is 535 Å². The van der Waals surface area contributed by atoms with E-state index in [1.165, 1.54) is 25.1 Å². The molecule has 12 aromatic rings. The number of esters is 1. The number of aliphatic carboxylic acids is 1. The zero-order valence-corrected chi connectivity index (χ0v) is 51.8. The van der Waals surface area contributed by atoms with Crippen LogP contribution in [0.1, 0.15) is 54.2 Å². The molecule has 0 saturated carbocycles. The van der Waals surface area contributed by atoms with E-state index >= 15 is 0 Å². The maximum atomic E-state index is 13.6. The predicted molar refractivity (Wildman–Crippen MR) is 337 cm³/mol. The van der Waals surface area contributed by atoms with Crippen LogP contribution in [-0.2, 0) is 52.5 Å². The highest BCUT2D eigenvalue weighted by atomic mass is 19.4. The van der Waals surface area contributed by atoms with Crippen LogP contribution in [0.25, 0.3) is 49.8 Å². The lowest BCUT2D eigenvalue weighted by Gasteiger charge is -2.08. The Balaban J connectivity index is 0.000000168. The van der Waals surface area contributed by atoms with Gasteiger partial charge in [-0.1, -0.05) is 109 Å². The Kier molecular flexibility index (Phi) is 22.7. The van der Waals surface area contributed by atoms with Crippen LogP contribution < -0.4 is 28.3 Å². The van der Waals surface area contributed by atoms with E-state index in [-0.39, 0.29) is 22.1 Å². The van der Waals surface area contributed by atoms with Crippen LogP contribution >= 0.6 is 0 Å². The largest absolute Gasteiger partial charge is 0.497 e. The fraction of sp³-hybridized carbons (Fsp3) is 0.181. The molecular formula is C72H66F9N6O7+3. The van der Waals surface area contributed by atoms with Crippen LogP contribution in [-0.4, -0.2) is 59.0 Å². The highest BCUT2D eigenvalue weighted by Gasteiger charge is 2.38. The summed E-state index contributed by atoms with van der Waals surface area (Å²) in [6.07, 6.45) is -8.57. The summed E-state index contributed by atoms with van der Waals surface area (Å²) in [7, 11) is 4.72. The molecule has 0 bridgehead atoms. The van der Waals surface area contributed by atoms with Crippen LogP contribution in [0.2, 0.25) is 0 Å². The number of aromatic nitrogens is 6. The molecular weight excluding hydrogens is 1230 g/mol. The number of benzene rings is 9. The van der Waals surface area contributed by atoms with Gasteiger partial charge in [-0.3, -0.25) is 9.59 Å². The van der Waals surface area contributed by atoms with E-state index in [0.29, 0.717) is 60.0 Å². The fourth-order valence-electron chi connectivity index (χ4n) is 10.3. The maximum Gasteiger partial charge on any atom is 0.417 e. The van der Waals surface area contributed by atoms with E-state index in [0.717, 1.165) is 58.9 Å². The second kappa shape index (κ2) is 30.9. The number of alkyl halides is 9. The van der Waals surface area contributed by atoms with Gasteiger partial charge in [0.25, 0.3) is 5.97 Å². The normalized spacial score (nSPS) is 11.2. The molecule has 0 unspecified atom stereocenters. The van der Waals surface area contributed by atoms with Crippen LogP contribution in [0.4, 0.5) is 39.5 Å². The van der Waals surface area contributed by atoms with E-state index in [1.54, 1.807) is 130 Å². The molecule has 3 heterocycles. The number of hydrogen-bond acceptors (Lipinski definition) is 6. The first-order valence-corrected chi connectivity index (χ1v) is 29.1. The van der Waals surface area contributed by atoms with Gasteiger partial charge in [0.15, 0.2) is 19.6 Å². The first-order chi connectivity index (χ1) is 44.9. The molecule has 1 N–H and O–H groups in total. The molecule has 0 radical (unpaired) electrons. The van der Waals surface area contributed by atoms with Crippen molar-refractivity contribution in [1.82, 2.24) is 14.0 Å². The average Bonchev–Trinajstić information content (AvgIpc) is 1.62. The Hall–Kier alpha value is -10.9. The highest BCUT2D eigenvalue weighted by molar-refractivity contribution is 5.85. The molecule has 3 aromatic heterocycles. The summed E-state index contributed by atoms with van der Waals surface area (Å²) in [5, 5.41) is 7.92. The Morgan fingerprint density at radius 2 is 0.628 bits per heavy atom. The van der Waals surface area contributed by atoms with Crippen LogP contribution in [0.3, 0.4) is 0 Å². The molecule has 0 amide bonds. The van der Waals surface area contributed by atoms with Gasteiger partial charge < -0.3 is 24.1 Å². The number of hydrogen-bond donors (Lipinski definition) is 1. The smallest absolute Gasteiger partial charge is 0.417 e. The van der Waals surface area contributed by atoms with Crippen molar-refractivity contribution in [3.05, 3.63) is 270 Å². The number of carboxylic acids is 1. The van der Waals surface area contributed by atoms with Gasteiger partial charge >= 0.3 is 24.5 Å². The van der Waals surface area contributed by atoms with Gasteiger partial charge in [0, 0.05) is 30.5 Å². The lowest BCUT2D eigenvalue weighted by atomic mass is 10.1. The Morgan fingerprint density at radius 3 is 0.819 bits per heavy atom. The number of ether oxygens (including phenoxy) is 4. The molecule has 0 aliphatic carbocycles. The fourth-order valence-corrected chi connectivity index (χ4v) is 10.3. The molecule has 486 valence electrons. The van der Waals surface area contributed by atoms with Crippen molar-refractivity contribution in [2.45, 2.75) is 58.9 Å². The number of halogens is 9. The third-order valence-electron chi connectivity index (χ3n) is 14.3. The molecule has 22 heteroatoms. The van der Waals surface area contributed by atoms with Crippen molar-refractivity contribution >= 4 is 44.6 Å². The number of fused-ring (bicyclic) bond motifs is 3. The third kappa shape index (κ3) is 17.6. The molecule has 0 saturated heterocycles. The summed E-state index contributed by atoms with van der Waals surface area (Å²) in [5.41, 5.74) is 4.83. The van der Waals surface area contributed by atoms with Gasteiger partial charge in [-0.05, 0) is 116 Å².